The van der Waals surface area contributed by atoms with Crippen molar-refractivity contribution in [2.45, 2.75) is 53.6 Å². The highest BCUT2D eigenvalue weighted by Gasteiger charge is 2.18. The number of amides is 1. The van der Waals surface area contributed by atoms with Gasteiger partial charge in [0.15, 0.2) is 6.10 Å². The summed E-state index contributed by atoms with van der Waals surface area (Å²) in [6, 6.07) is 5.84. The van der Waals surface area contributed by atoms with E-state index in [4.69, 9.17) is 4.74 Å². The summed E-state index contributed by atoms with van der Waals surface area (Å²) >= 11 is 0. The van der Waals surface area contributed by atoms with E-state index >= 15 is 0 Å². The van der Waals surface area contributed by atoms with Crippen LogP contribution >= 0.6 is 0 Å². The largest absolute Gasteiger partial charge is 0.453 e. The normalized spacial score (nSPS) is 12.1. The van der Waals surface area contributed by atoms with Crippen molar-refractivity contribution in [1.82, 2.24) is 0 Å². The van der Waals surface area contributed by atoms with Gasteiger partial charge >= 0.3 is 5.97 Å². The van der Waals surface area contributed by atoms with Crippen molar-refractivity contribution in [2.24, 2.45) is 5.92 Å². The van der Waals surface area contributed by atoms with Crippen LogP contribution in [0.4, 0.5) is 5.69 Å². The van der Waals surface area contributed by atoms with Crippen molar-refractivity contribution in [1.29, 1.82) is 0 Å². The number of rotatable bonds is 6. The minimum atomic E-state index is -0.787. The molecule has 1 aromatic rings. The first-order valence-electron chi connectivity index (χ1n) is 7.37. The van der Waals surface area contributed by atoms with Crippen LogP contribution in [0.2, 0.25) is 0 Å². The Kier molecular flexibility index (Phi) is 6.40. The molecule has 1 rings (SSSR count). The topological polar surface area (TPSA) is 55.4 Å². The monoisotopic (exact) mass is 291 g/mol. The summed E-state index contributed by atoms with van der Waals surface area (Å²) < 4.78 is 5.15. The highest BCUT2D eigenvalue weighted by atomic mass is 16.5. The Morgan fingerprint density at radius 3 is 2.48 bits per heavy atom. The fourth-order valence-electron chi connectivity index (χ4n) is 1.82. The minimum absolute atomic E-state index is 0.304. The van der Waals surface area contributed by atoms with Gasteiger partial charge in [-0.05, 0) is 50.3 Å². The Morgan fingerprint density at radius 2 is 1.86 bits per heavy atom. The predicted octanol–water partition coefficient (Wildman–Crippen LogP) is 3.61. The van der Waals surface area contributed by atoms with Gasteiger partial charge in [-0.2, -0.15) is 0 Å². The number of ether oxygens (including phenoxy) is 1. The Labute approximate surface area is 126 Å². The number of carbonyl (C=O) groups excluding carboxylic acids is 2. The van der Waals surface area contributed by atoms with Crippen molar-refractivity contribution in [3.05, 3.63) is 29.3 Å². The first kappa shape index (κ1) is 17.2. The second-order valence-corrected chi connectivity index (χ2v) is 5.87. The Balaban J connectivity index is 2.54. The van der Waals surface area contributed by atoms with E-state index in [0.29, 0.717) is 12.3 Å². The quantitative estimate of drug-likeness (QED) is 0.815. The molecule has 21 heavy (non-hydrogen) atoms. The number of anilines is 1. The van der Waals surface area contributed by atoms with Gasteiger partial charge in [0.1, 0.15) is 0 Å². The molecule has 0 saturated carbocycles. The zero-order chi connectivity index (χ0) is 16.0. The zero-order valence-electron chi connectivity index (χ0n) is 13.5. The SMILES string of the molecule is Cc1ccc(C)c(NC(=O)[C@H](C)OC(=O)CCC(C)C)c1. The van der Waals surface area contributed by atoms with Crippen molar-refractivity contribution in [3.63, 3.8) is 0 Å². The lowest BCUT2D eigenvalue weighted by molar-refractivity contribution is -0.153. The molecule has 0 aromatic heterocycles. The van der Waals surface area contributed by atoms with Gasteiger partial charge in [-0.15, -0.1) is 0 Å². The third kappa shape index (κ3) is 5.98. The van der Waals surface area contributed by atoms with Gasteiger partial charge in [-0.3, -0.25) is 9.59 Å². The van der Waals surface area contributed by atoms with E-state index in [2.05, 4.69) is 5.32 Å². The number of nitrogens with one attached hydrogen (secondary N) is 1. The molecule has 1 atom stereocenters. The Hall–Kier alpha value is -1.84. The Bertz CT molecular complexity index is 509. The predicted molar refractivity (Wildman–Crippen MR) is 84.2 cm³/mol. The molecule has 0 aliphatic heterocycles. The summed E-state index contributed by atoms with van der Waals surface area (Å²) in [4.78, 5) is 23.7. The van der Waals surface area contributed by atoms with Gasteiger partial charge in [0.05, 0.1) is 0 Å². The molecule has 1 amide bonds. The molecule has 0 aliphatic rings. The van der Waals surface area contributed by atoms with Crippen LogP contribution in [0.15, 0.2) is 18.2 Å². The van der Waals surface area contributed by atoms with Crippen LogP contribution in [-0.4, -0.2) is 18.0 Å². The van der Waals surface area contributed by atoms with Crippen LogP contribution in [0.1, 0.15) is 44.7 Å². The smallest absolute Gasteiger partial charge is 0.306 e. The zero-order valence-corrected chi connectivity index (χ0v) is 13.5. The van der Waals surface area contributed by atoms with Gasteiger partial charge in [0, 0.05) is 12.1 Å². The molecular formula is C17H25NO3. The maximum atomic E-state index is 12.1. The average Bonchev–Trinajstić information content (AvgIpc) is 2.40. The van der Waals surface area contributed by atoms with Crippen LogP contribution in [-0.2, 0) is 14.3 Å². The van der Waals surface area contributed by atoms with Crippen LogP contribution < -0.4 is 5.32 Å². The van der Waals surface area contributed by atoms with Crippen LogP contribution in [0.3, 0.4) is 0 Å². The molecule has 0 radical (unpaired) electrons. The fourth-order valence-corrected chi connectivity index (χ4v) is 1.82. The molecule has 4 nitrogen and oxygen atoms in total. The molecule has 4 heteroatoms. The standard InChI is InChI=1S/C17H25NO3/c1-11(2)6-9-16(19)21-14(5)17(20)18-15-10-12(3)7-8-13(15)4/h7-8,10-11,14H,6,9H2,1-5H3,(H,18,20)/t14-/m0/s1. The van der Waals surface area contributed by atoms with E-state index in [0.717, 1.165) is 23.2 Å². The molecule has 0 unspecified atom stereocenters. The van der Waals surface area contributed by atoms with E-state index in [1.807, 2.05) is 45.9 Å². The molecule has 0 saturated heterocycles. The number of hydrogen-bond donors (Lipinski definition) is 1. The van der Waals surface area contributed by atoms with Gasteiger partial charge < -0.3 is 10.1 Å². The third-order valence-corrected chi connectivity index (χ3v) is 3.25. The molecule has 0 bridgehead atoms. The summed E-state index contributed by atoms with van der Waals surface area (Å²) in [5, 5.41) is 2.80. The number of aryl methyl sites for hydroxylation is 2. The number of hydrogen-bond acceptors (Lipinski definition) is 3. The Morgan fingerprint density at radius 1 is 1.19 bits per heavy atom. The highest BCUT2D eigenvalue weighted by Crippen LogP contribution is 2.17. The summed E-state index contributed by atoms with van der Waals surface area (Å²) in [6.07, 6.45) is 0.327. The van der Waals surface area contributed by atoms with Crippen LogP contribution in [0, 0.1) is 19.8 Å². The summed E-state index contributed by atoms with van der Waals surface area (Å²) in [6.45, 7) is 9.57. The van der Waals surface area contributed by atoms with Crippen molar-refractivity contribution >= 4 is 17.6 Å². The number of benzene rings is 1. The van der Waals surface area contributed by atoms with Crippen molar-refractivity contribution in [3.8, 4) is 0 Å². The molecule has 0 spiro atoms. The van der Waals surface area contributed by atoms with E-state index < -0.39 is 6.10 Å². The van der Waals surface area contributed by atoms with E-state index in [1.54, 1.807) is 6.92 Å². The van der Waals surface area contributed by atoms with E-state index in [9.17, 15) is 9.59 Å². The fraction of sp³-hybridized carbons (Fsp3) is 0.529. The minimum Gasteiger partial charge on any atom is -0.453 e. The molecule has 0 aliphatic carbocycles. The van der Waals surface area contributed by atoms with Gasteiger partial charge in [-0.25, -0.2) is 0 Å². The first-order valence-corrected chi connectivity index (χ1v) is 7.37. The maximum Gasteiger partial charge on any atom is 0.306 e. The molecule has 1 N–H and O–H groups in total. The summed E-state index contributed by atoms with van der Waals surface area (Å²) in [5.41, 5.74) is 2.80. The lowest BCUT2D eigenvalue weighted by Gasteiger charge is -2.15. The summed E-state index contributed by atoms with van der Waals surface area (Å²) in [7, 11) is 0. The average molecular weight is 291 g/mol. The second-order valence-electron chi connectivity index (χ2n) is 5.87. The van der Waals surface area contributed by atoms with Crippen molar-refractivity contribution < 1.29 is 14.3 Å². The molecular weight excluding hydrogens is 266 g/mol. The molecule has 1 aromatic carbocycles. The molecule has 0 heterocycles. The van der Waals surface area contributed by atoms with E-state index in [-0.39, 0.29) is 11.9 Å². The lowest BCUT2D eigenvalue weighted by atomic mass is 10.1. The highest BCUT2D eigenvalue weighted by molar-refractivity contribution is 5.95. The van der Waals surface area contributed by atoms with E-state index in [1.165, 1.54) is 0 Å². The van der Waals surface area contributed by atoms with Gasteiger partial charge in [0.2, 0.25) is 0 Å². The second kappa shape index (κ2) is 7.81. The van der Waals surface area contributed by atoms with Gasteiger partial charge in [0.25, 0.3) is 5.91 Å². The number of carbonyl (C=O) groups is 2. The van der Waals surface area contributed by atoms with Crippen molar-refractivity contribution in [2.75, 3.05) is 5.32 Å². The maximum absolute atomic E-state index is 12.1. The first-order chi connectivity index (χ1) is 9.79. The van der Waals surface area contributed by atoms with Gasteiger partial charge in [-0.1, -0.05) is 26.0 Å². The van der Waals surface area contributed by atoms with Crippen LogP contribution in [0.25, 0.3) is 0 Å². The lowest BCUT2D eigenvalue weighted by Crippen LogP contribution is -2.30. The molecule has 116 valence electrons. The third-order valence-electron chi connectivity index (χ3n) is 3.25. The number of esters is 1. The van der Waals surface area contributed by atoms with Crippen LogP contribution in [0.5, 0.6) is 0 Å². The summed E-state index contributed by atoms with van der Waals surface area (Å²) in [5.74, 6) is -0.189. The molecule has 0 fully saturated rings.